The lowest BCUT2D eigenvalue weighted by Gasteiger charge is -2.23. The van der Waals surface area contributed by atoms with Crippen molar-refractivity contribution in [2.24, 2.45) is 0 Å². The third-order valence-electron chi connectivity index (χ3n) is 5.60. The van der Waals surface area contributed by atoms with Crippen LogP contribution in [0.15, 0.2) is 85.2 Å². The Labute approximate surface area is 194 Å². The highest BCUT2D eigenvalue weighted by molar-refractivity contribution is 6.93. The molecule has 0 unspecified atom stereocenters. The van der Waals surface area contributed by atoms with Crippen LogP contribution in [0.3, 0.4) is 0 Å². The SMILES string of the molecule is CN(C)c1ccc([Si](F)(F)c2ccc(N(C)C)cc2-c2ccccn2)c(-c2ccccn2)c1. The number of anilines is 2. The van der Waals surface area contributed by atoms with E-state index < -0.39 is 8.74 Å². The zero-order valence-electron chi connectivity index (χ0n) is 19.1. The standard InChI is InChI=1S/C26H26F2N4Si/c1-31(2)19-11-13-25(21(17-19)23-9-5-7-15-29-23)33(27,28)26-14-12-20(32(3)4)18-22(26)24-10-6-8-16-30-24/h5-18H,1-4H3. The maximum atomic E-state index is 16.5. The van der Waals surface area contributed by atoms with Crippen LogP contribution in [-0.2, 0) is 0 Å². The van der Waals surface area contributed by atoms with Gasteiger partial charge in [-0.05, 0) is 48.5 Å². The first-order chi connectivity index (χ1) is 15.8. The molecule has 2 aromatic carbocycles. The van der Waals surface area contributed by atoms with Gasteiger partial charge in [0.25, 0.3) is 0 Å². The number of benzene rings is 2. The largest absolute Gasteiger partial charge is 0.488 e. The molecule has 0 fully saturated rings. The zero-order chi connectivity index (χ0) is 23.6. The summed E-state index contributed by atoms with van der Waals surface area (Å²) in [5.41, 5.74) is 3.68. The Balaban J connectivity index is 1.96. The van der Waals surface area contributed by atoms with E-state index in [9.17, 15) is 0 Å². The van der Waals surface area contributed by atoms with Crippen molar-refractivity contribution in [1.29, 1.82) is 0 Å². The lowest BCUT2D eigenvalue weighted by Crippen LogP contribution is -2.52. The first-order valence-electron chi connectivity index (χ1n) is 10.6. The van der Waals surface area contributed by atoms with Crippen molar-refractivity contribution >= 4 is 30.5 Å². The van der Waals surface area contributed by atoms with Gasteiger partial charge in [-0.1, -0.05) is 24.3 Å². The van der Waals surface area contributed by atoms with Gasteiger partial charge in [-0.2, -0.15) is 0 Å². The molecule has 4 aromatic rings. The number of aromatic nitrogens is 2. The van der Waals surface area contributed by atoms with E-state index in [2.05, 4.69) is 9.97 Å². The Morgan fingerprint density at radius 2 is 1.03 bits per heavy atom. The lowest BCUT2D eigenvalue weighted by molar-refractivity contribution is 0.655. The van der Waals surface area contributed by atoms with Gasteiger partial charge in [0.05, 0.1) is 11.4 Å². The number of hydrogen-bond acceptors (Lipinski definition) is 4. The summed E-state index contributed by atoms with van der Waals surface area (Å²) >= 11 is 0. The molecule has 0 spiro atoms. The Bertz CT molecular complexity index is 1150. The summed E-state index contributed by atoms with van der Waals surface area (Å²) in [4.78, 5) is 12.6. The van der Waals surface area contributed by atoms with Gasteiger partial charge in [-0.25, -0.2) is 0 Å². The van der Waals surface area contributed by atoms with Gasteiger partial charge < -0.3 is 9.80 Å². The third kappa shape index (κ3) is 4.50. The number of halogens is 2. The van der Waals surface area contributed by atoms with Crippen LogP contribution in [-0.4, -0.2) is 46.9 Å². The maximum absolute atomic E-state index is 16.5. The Hall–Kier alpha value is -3.58. The van der Waals surface area contributed by atoms with Crippen molar-refractivity contribution in [3.05, 3.63) is 85.2 Å². The van der Waals surface area contributed by atoms with Crippen LogP contribution in [0.4, 0.5) is 19.6 Å². The highest BCUT2D eigenvalue weighted by Crippen LogP contribution is 2.28. The number of rotatable bonds is 6. The summed E-state index contributed by atoms with van der Waals surface area (Å²) in [6.45, 7) is 0. The second kappa shape index (κ2) is 9.11. The lowest BCUT2D eigenvalue weighted by atomic mass is 10.1. The monoisotopic (exact) mass is 460 g/mol. The second-order valence-corrected chi connectivity index (χ2v) is 10.5. The summed E-state index contributed by atoms with van der Waals surface area (Å²) in [6, 6.07) is 21.0. The molecule has 0 N–H and O–H groups in total. The fourth-order valence-corrected chi connectivity index (χ4v) is 5.73. The molecule has 0 amide bonds. The van der Waals surface area contributed by atoms with Gasteiger partial charge in [0.1, 0.15) is 0 Å². The fourth-order valence-electron chi connectivity index (χ4n) is 3.78. The van der Waals surface area contributed by atoms with Crippen LogP contribution in [0.5, 0.6) is 0 Å². The van der Waals surface area contributed by atoms with Gasteiger partial charge in [-0.15, -0.1) is 0 Å². The van der Waals surface area contributed by atoms with Crippen molar-refractivity contribution in [3.63, 3.8) is 0 Å². The quantitative estimate of drug-likeness (QED) is 0.315. The minimum absolute atomic E-state index is 0.0431. The molecule has 7 heteroatoms. The Kier molecular flexibility index (Phi) is 6.24. The van der Waals surface area contributed by atoms with Crippen molar-refractivity contribution in [2.45, 2.75) is 0 Å². The minimum atomic E-state index is -5.14. The average molecular weight is 461 g/mol. The number of pyridine rings is 2. The molecule has 0 aliphatic carbocycles. The molecule has 0 atom stereocenters. The normalized spacial score (nSPS) is 11.3. The van der Waals surface area contributed by atoms with E-state index in [4.69, 9.17) is 0 Å². The molecule has 0 aliphatic rings. The van der Waals surface area contributed by atoms with Gasteiger partial charge in [0.15, 0.2) is 0 Å². The zero-order valence-corrected chi connectivity index (χ0v) is 20.1. The van der Waals surface area contributed by atoms with E-state index in [0.29, 0.717) is 22.5 Å². The first kappa shape index (κ1) is 22.6. The van der Waals surface area contributed by atoms with Crippen LogP contribution in [0.1, 0.15) is 0 Å². The van der Waals surface area contributed by atoms with Crippen molar-refractivity contribution in [2.75, 3.05) is 38.0 Å². The fraction of sp³-hybridized carbons (Fsp3) is 0.154. The topological polar surface area (TPSA) is 32.3 Å². The molecule has 168 valence electrons. The van der Waals surface area contributed by atoms with Crippen molar-refractivity contribution < 1.29 is 8.22 Å². The molecule has 4 nitrogen and oxygen atoms in total. The average Bonchev–Trinajstić information content (AvgIpc) is 2.84. The Morgan fingerprint density at radius 3 is 1.36 bits per heavy atom. The summed E-state index contributed by atoms with van der Waals surface area (Å²) in [5, 5.41) is 0.0863. The maximum Gasteiger partial charge on any atom is 0.488 e. The van der Waals surface area contributed by atoms with E-state index in [1.165, 1.54) is 0 Å². The molecule has 2 aromatic heterocycles. The second-order valence-electron chi connectivity index (χ2n) is 8.25. The van der Waals surface area contributed by atoms with E-state index in [0.717, 1.165) is 11.4 Å². The van der Waals surface area contributed by atoms with Crippen LogP contribution in [0, 0.1) is 0 Å². The Morgan fingerprint density at radius 1 is 0.606 bits per heavy atom. The predicted molar refractivity (Wildman–Crippen MR) is 135 cm³/mol. The van der Waals surface area contributed by atoms with Crippen molar-refractivity contribution in [3.8, 4) is 22.5 Å². The van der Waals surface area contributed by atoms with Gasteiger partial charge >= 0.3 is 8.74 Å². The molecular formula is C26H26F2N4Si. The summed E-state index contributed by atoms with van der Waals surface area (Å²) in [6.07, 6.45) is 3.26. The van der Waals surface area contributed by atoms with E-state index in [1.807, 2.05) is 50.1 Å². The van der Waals surface area contributed by atoms with Crippen LogP contribution in [0.2, 0.25) is 0 Å². The van der Waals surface area contributed by atoms with E-state index in [-0.39, 0.29) is 10.4 Å². The molecular weight excluding hydrogens is 434 g/mol. The molecule has 33 heavy (non-hydrogen) atoms. The van der Waals surface area contributed by atoms with Crippen LogP contribution >= 0.6 is 0 Å². The van der Waals surface area contributed by atoms with Crippen LogP contribution in [0.25, 0.3) is 22.5 Å². The highest BCUT2D eigenvalue weighted by atomic mass is 28.4. The summed E-state index contributed by atoms with van der Waals surface area (Å²) < 4.78 is 33.0. The van der Waals surface area contributed by atoms with Crippen LogP contribution < -0.4 is 20.2 Å². The van der Waals surface area contributed by atoms with Gasteiger partial charge in [0, 0.05) is 73.5 Å². The molecule has 4 rings (SSSR count). The van der Waals surface area contributed by atoms with E-state index >= 15 is 8.22 Å². The molecule has 0 saturated heterocycles. The summed E-state index contributed by atoms with van der Waals surface area (Å²) in [5.74, 6) is 0. The molecule has 0 radical (unpaired) electrons. The molecule has 0 aliphatic heterocycles. The molecule has 2 heterocycles. The smallest absolute Gasteiger partial charge is 0.378 e. The molecule has 0 bridgehead atoms. The highest BCUT2D eigenvalue weighted by Gasteiger charge is 2.45. The van der Waals surface area contributed by atoms with Gasteiger partial charge in [0.2, 0.25) is 0 Å². The third-order valence-corrected chi connectivity index (χ3v) is 7.82. The first-order valence-corrected chi connectivity index (χ1v) is 12.4. The minimum Gasteiger partial charge on any atom is -0.378 e. The van der Waals surface area contributed by atoms with E-state index in [1.54, 1.807) is 73.1 Å². The number of hydrogen-bond donors (Lipinski definition) is 0. The summed E-state index contributed by atoms with van der Waals surface area (Å²) in [7, 11) is 2.44. The van der Waals surface area contributed by atoms with Gasteiger partial charge in [-0.3, -0.25) is 18.2 Å². The number of nitrogens with zero attached hydrogens (tertiary/aromatic N) is 4. The molecule has 0 saturated carbocycles. The predicted octanol–water partition coefficient (Wildman–Crippen LogP) is 4.44. The van der Waals surface area contributed by atoms with Crippen molar-refractivity contribution in [1.82, 2.24) is 9.97 Å².